The monoisotopic (exact) mass is 528 g/mol. The minimum atomic E-state index is -3.85. The number of sulfone groups is 1. The van der Waals surface area contributed by atoms with Gasteiger partial charge in [-0.3, -0.25) is 29.8 Å². The summed E-state index contributed by atoms with van der Waals surface area (Å²) in [7, 11) is -3.85. The topological polar surface area (TPSA) is 179 Å². The van der Waals surface area contributed by atoms with Gasteiger partial charge in [0.15, 0.2) is 39.0 Å². The SMILES string of the molecule is O=C1CS(=O)(=O)C(c2ccc3ocnc3c2)C(=O)N1.O=C1CSC(c2ccc3ocnc3c2)C(=O)N1. The normalized spacial score (nSPS) is 21.6. The smallest absolute Gasteiger partial charge is 0.249 e. The fourth-order valence-corrected chi connectivity index (χ4v) is 6.31. The van der Waals surface area contributed by atoms with Crippen molar-refractivity contribution in [2.45, 2.75) is 10.5 Å². The molecule has 2 aliphatic rings. The van der Waals surface area contributed by atoms with Crippen molar-refractivity contribution < 1.29 is 36.4 Å². The number of carbonyl (C=O) groups excluding carboxylic acids is 4. The zero-order chi connectivity index (χ0) is 25.4. The third-order valence-corrected chi connectivity index (χ3v) is 8.51. The molecule has 0 aliphatic carbocycles. The summed E-state index contributed by atoms with van der Waals surface area (Å²) in [5.74, 6) is -2.54. The Morgan fingerprint density at radius 2 is 1.39 bits per heavy atom. The highest BCUT2D eigenvalue weighted by atomic mass is 32.2. The molecule has 2 aromatic carbocycles. The van der Waals surface area contributed by atoms with Crippen LogP contribution in [0.25, 0.3) is 22.2 Å². The molecule has 6 rings (SSSR count). The van der Waals surface area contributed by atoms with Gasteiger partial charge in [0.2, 0.25) is 23.6 Å². The number of amides is 4. The quantitative estimate of drug-likeness (QED) is 0.357. The Labute approximate surface area is 206 Å². The lowest BCUT2D eigenvalue weighted by Crippen LogP contribution is -2.47. The number of fused-ring (bicyclic) bond motifs is 2. The molecule has 2 N–H and O–H groups in total. The third kappa shape index (κ3) is 4.59. The van der Waals surface area contributed by atoms with Crippen LogP contribution in [0.5, 0.6) is 0 Å². The maximum absolute atomic E-state index is 12.0. The summed E-state index contributed by atoms with van der Waals surface area (Å²) in [4.78, 5) is 53.5. The van der Waals surface area contributed by atoms with Crippen molar-refractivity contribution in [3.63, 3.8) is 0 Å². The summed E-state index contributed by atoms with van der Waals surface area (Å²) in [5, 5.41) is 2.62. The Balaban J connectivity index is 0.000000149. The summed E-state index contributed by atoms with van der Waals surface area (Å²) < 4.78 is 34.1. The van der Waals surface area contributed by atoms with Gasteiger partial charge >= 0.3 is 0 Å². The molecular formula is C22H16N4O8S2. The largest absolute Gasteiger partial charge is 0.443 e. The van der Waals surface area contributed by atoms with Crippen LogP contribution in [0.1, 0.15) is 21.6 Å². The molecule has 2 aliphatic heterocycles. The lowest BCUT2D eigenvalue weighted by atomic mass is 10.1. The van der Waals surface area contributed by atoms with Gasteiger partial charge in [-0.25, -0.2) is 18.4 Å². The Morgan fingerprint density at radius 3 is 2.00 bits per heavy atom. The van der Waals surface area contributed by atoms with Crippen LogP contribution >= 0.6 is 11.8 Å². The van der Waals surface area contributed by atoms with E-state index in [0.717, 1.165) is 5.56 Å². The number of nitrogens with zero attached hydrogens (tertiary/aromatic N) is 2. The number of oxazole rings is 2. The molecule has 12 nitrogen and oxygen atoms in total. The fourth-order valence-electron chi connectivity index (χ4n) is 3.82. The van der Waals surface area contributed by atoms with Crippen LogP contribution in [0.3, 0.4) is 0 Å². The van der Waals surface area contributed by atoms with Gasteiger partial charge in [-0.2, -0.15) is 0 Å². The van der Waals surface area contributed by atoms with Crippen LogP contribution in [-0.4, -0.2) is 53.5 Å². The number of nitrogens with one attached hydrogen (secondary N) is 2. The maximum Gasteiger partial charge on any atom is 0.249 e. The predicted octanol–water partition coefficient (Wildman–Crippen LogP) is 1.20. The van der Waals surface area contributed by atoms with Crippen molar-refractivity contribution in [3.05, 3.63) is 60.3 Å². The average molecular weight is 529 g/mol. The predicted molar refractivity (Wildman–Crippen MR) is 126 cm³/mol. The molecule has 0 spiro atoms. The second-order valence-corrected chi connectivity index (χ2v) is 11.0. The Bertz CT molecular complexity index is 1640. The fraction of sp³-hybridized carbons (Fsp3) is 0.182. The second-order valence-electron chi connectivity index (χ2n) is 7.86. The summed E-state index contributed by atoms with van der Waals surface area (Å²) in [6.45, 7) is 0. The van der Waals surface area contributed by atoms with Crippen molar-refractivity contribution in [1.29, 1.82) is 0 Å². The van der Waals surface area contributed by atoms with Crippen molar-refractivity contribution in [2.24, 2.45) is 0 Å². The highest BCUT2D eigenvalue weighted by Gasteiger charge is 2.41. The van der Waals surface area contributed by atoms with E-state index in [2.05, 4.69) is 15.3 Å². The van der Waals surface area contributed by atoms with E-state index in [4.69, 9.17) is 8.83 Å². The van der Waals surface area contributed by atoms with Crippen molar-refractivity contribution in [2.75, 3.05) is 11.5 Å². The van der Waals surface area contributed by atoms with Gasteiger partial charge in [0, 0.05) is 0 Å². The highest BCUT2D eigenvalue weighted by Crippen LogP contribution is 2.33. The molecule has 0 saturated carbocycles. The summed E-state index contributed by atoms with van der Waals surface area (Å²) in [6.07, 6.45) is 2.60. The minimum Gasteiger partial charge on any atom is -0.443 e. The molecule has 2 fully saturated rings. The number of carbonyl (C=O) groups is 4. The van der Waals surface area contributed by atoms with E-state index < -0.39 is 32.7 Å². The molecule has 2 saturated heterocycles. The van der Waals surface area contributed by atoms with E-state index in [0.29, 0.717) is 28.0 Å². The summed E-state index contributed by atoms with van der Waals surface area (Å²) in [5.41, 5.74) is 3.46. The minimum absolute atomic E-state index is 0.237. The second kappa shape index (κ2) is 9.20. The van der Waals surface area contributed by atoms with E-state index in [1.54, 1.807) is 6.07 Å². The van der Waals surface area contributed by atoms with Gasteiger partial charge in [-0.05, 0) is 35.4 Å². The maximum atomic E-state index is 12.0. The van der Waals surface area contributed by atoms with Gasteiger partial charge in [0.05, 0.1) is 5.75 Å². The molecule has 2 aromatic heterocycles. The first-order valence-electron chi connectivity index (χ1n) is 10.4. The van der Waals surface area contributed by atoms with E-state index in [1.165, 1.54) is 42.7 Å². The standard InChI is InChI=1S/C11H8N2O5S.C11H8N2O3S/c14-9-4-19(16,17)10(11(15)13-9)6-1-2-8-7(3-6)12-5-18-8;14-9-4-17-10(11(15)13-9)6-1-2-8-7(3-6)12-5-16-8/h1-3,5,10H,4H2,(H,13,14,15);1-3,5,10H,4H2,(H,13,14,15). The first-order chi connectivity index (χ1) is 17.2. The number of hydrogen-bond acceptors (Lipinski definition) is 11. The lowest BCUT2D eigenvalue weighted by Gasteiger charge is -2.21. The molecular weight excluding hydrogens is 512 g/mol. The van der Waals surface area contributed by atoms with E-state index in [9.17, 15) is 27.6 Å². The Kier molecular flexibility index (Phi) is 6.05. The molecule has 36 heavy (non-hydrogen) atoms. The van der Waals surface area contributed by atoms with Gasteiger partial charge in [0.1, 0.15) is 22.0 Å². The van der Waals surface area contributed by atoms with Gasteiger partial charge < -0.3 is 8.83 Å². The number of rotatable bonds is 2. The van der Waals surface area contributed by atoms with Crippen LogP contribution in [0, 0.1) is 0 Å². The van der Waals surface area contributed by atoms with Crippen LogP contribution in [0.4, 0.5) is 0 Å². The van der Waals surface area contributed by atoms with Gasteiger partial charge in [-0.15, -0.1) is 11.8 Å². The van der Waals surface area contributed by atoms with Gasteiger partial charge in [-0.1, -0.05) is 12.1 Å². The summed E-state index contributed by atoms with van der Waals surface area (Å²) >= 11 is 1.32. The molecule has 4 aromatic rings. The zero-order valence-electron chi connectivity index (χ0n) is 18.2. The summed E-state index contributed by atoms with van der Waals surface area (Å²) in [6, 6.07) is 9.90. The van der Waals surface area contributed by atoms with Crippen molar-refractivity contribution in [3.8, 4) is 0 Å². The number of thioether (sulfide) groups is 1. The molecule has 14 heteroatoms. The van der Waals surface area contributed by atoms with E-state index >= 15 is 0 Å². The molecule has 184 valence electrons. The molecule has 2 atom stereocenters. The molecule has 4 heterocycles. The van der Waals surface area contributed by atoms with Crippen LogP contribution in [0.15, 0.2) is 58.0 Å². The lowest BCUT2D eigenvalue weighted by molar-refractivity contribution is -0.131. The highest BCUT2D eigenvalue weighted by molar-refractivity contribution is 8.01. The zero-order valence-corrected chi connectivity index (χ0v) is 19.8. The molecule has 4 amide bonds. The first kappa shape index (κ1) is 23.7. The molecule has 0 bridgehead atoms. The molecule has 2 unspecified atom stereocenters. The Hall–Kier alpha value is -4.04. The molecule has 0 radical (unpaired) electrons. The average Bonchev–Trinajstić information content (AvgIpc) is 3.46. The first-order valence-corrected chi connectivity index (χ1v) is 13.1. The van der Waals surface area contributed by atoms with E-state index in [-0.39, 0.29) is 22.6 Å². The number of hydrogen-bond donors (Lipinski definition) is 2. The number of aromatic nitrogens is 2. The number of benzene rings is 2. The van der Waals surface area contributed by atoms with Crippen LogP contribution in [0.2, 0.25) is 0 Å². The number of imide groups is 2. The Morgan fingerprint density at radius 1 is 0.806 bits per heavy atom. The van der Waals surface area contributed by atoms with Crippen molar-refractivity contribution >= 4 is 67.4 Å². The van der Waals surface area contributed by atoms with Crippen molar-refractivity contribution in [1.82, 2.24) is 20.6 Å². The van der Waals surface area contributed by atoms with Crippen LogP contribution in [-0.2, 0) is 29.0 Å². The third-order valence-electron chi connectivity index (χ3n) is 5.39. The van der Waals surface area contributed by atoms with Gasteiger partial charge in [0.25, 0.3) is 0 Å². The van der Waals surface area contributed by atoms with E-state index in [1.807, 2.05) is 17.4 Å². The van der Waals surface area contributed by atoms with Crippen LogP contribution < -0.4 is 10.6 Å².